The van der Waals surface area contributed by atoms with Crippen molar-refractivity contribution in [3.05, 3.63) is 78.6 Å². The lowest BCUT2D eigenvalue weighted by Crippen LogP contribution is -2.55. The van der Waals surface area contributed by atoms with Gasteiger partial charge in [-0.3, -0.25) is 4.98 Å². The van der Waals surface area contributed by atoms with Gasteiger partial charge in [0.25, 0.3) is 0 Å². The second-order valence-electron chi connectivity index (χ2n) is 14.5. The van der Waals surface area contributed by atoms with Gasteiger partial charge in [-0.05, 0) is 62.9 Å². The number of sulfonamides is 1. The molecule has 7 atom stereocenters. The zero-order chi connectivity index (χ0) is 40.5. The lowest BCUT2D eigenvalue weighted by molar-refractivity contribution is -0.113. The van der Waals surface area contributed by atoms with Crippen molar-refractivity contribution in [2.75, 3.05) is 39.5 Å². The predicted molar refractivity (Wildman–Crippen MR) is 207 cm³/mol. The maximum absolute atomic E-state index is 13.7. The first-order valence-electron chi connectivity index (χ1n) is 18.8. The topological polar surface area (TPSA) is 220 Å². The van der Waals surface area contributed by atoms with Crippen LogP contribution >= 0.6 is 11.6 Å². The Morgan fingerprint density at radius 1 is 1.02 bits per heavy atom. The molecule has 0 spiro atoms. The highest BCUT2D eigenvalue weighted by Gasteiger charge is 2.43. The quantitative estimate of drug-likeness (QED) is 0.0609. The number of nitrogens with zero attached hydrogens (tertiary/aromatic N) is 2. The summed E-state index contributed by atoms with van der Waals surface area (Å²) in [7, 11) is -3.88. The van der Waals surface area contributed by atoms with Crippen LogP contribution in [0.1, 0.15) is 45.1 Å². The molecule has 15 nitrogen and oxygen atoms in total. The Balaban J connectivity index is 1.39. The number of para-hydroxylation sites is 1. The number of carbonyl (C=O) groups excluding carboxylic acids is 1. The summed E-state index contributed by atoms with van der Waals surface area (Å²) < 4.78 is 48.0. The second-order valence-corrected chi connectivity index (χ2v) is 16.7. The van der Waals surface area contributed by atoms with Gasteiger partial charge in [0.1, 0.15) is 35.2 Å². The molecule has 1 aliphatic carbocycles. The van der Waals surface area contributed by atoms with Crippen molar-refractivity contribution in [3.63, 3.8) is 0 Å². The van der Waals surface area contributed by atoms with Crippen molar-refractivity contribution in [2.24, 2.45) is 5.92 Å². The van der Waals surface area contributed by atoms with E-state index in [9.17, 15) is 33.6 Å². The number of urea groups is 1. The van der Waals surface area contributed by atoms with Crippen LogP contribution < -0.4 is 14.8 Å². The van der Waals surface area contributed by atoms with Crippen molar-refractivity contribution in [1.82, 2.24) is 19.9 Å². The van der Waals surface area contributed by atoms with Crippen LogP contribution in [0.2, 0.25) is 0 Å². The van der Waals surface area contributed by atoms with E-state index in [1.807, 2.05) is 30.3 Å². The number of amides is 2. The molecule has 7 N–H and O–H groups in total. The van der Waals surface area contributed by atoms with Crippen LogP contribution in [0.3, 0.4) is 0 Å². The van der Waals surface area contributed by atoms with Gasteiger partial charge in [0.05, 0.1) is 36.9 Å². The van der Waals surface area contributed by atoms with E-state index in [0.717, 1.165) is 35.3 Å². The van der Waals surface area contributed by atoms with E-state index < -0.39 is 76.7 Å². The van der Waals surface area contributed by atoms with Crippen LogP contribution in [0.25, 0.3) is 11.1 Å². The zero-order valence-electron chi connectivity index (χ0n) is 31.5. The fourth-order valence-corrected chi connectivity index (χ4v) is 8.14. The summed E-state index contributed by atoms with van der Waals surface area (Å²) >= 11 is 7.17. The van der Waals surface area contributed by atoms with Crippen molar-refractivity contribution in [2.45, 2.75) is 92.1 Å². The molecule has 2 heterocycles. The van der Waals surface area contributed by atoms with Gasteiger partial charge in [0.15, 0.2) is 0 Å². The third-order valence-electron chi connectivity index (χ3n) is 9.96. The van der Waals surface area contributed by atoms with Crippen LogP contribution in [0.5, 0.6) is 5.75 Å². The van der Waals surface area contributed by atoms with Crippen LogP contribution in [0.4, 0.5) is 4.79 Å². The van der Waals surface area contributed by atoms with E-state index in [1.54, 1.807) is 44.4 Å². The summed E-state index contributed by atoms with van der Waals surface area (Å²) in [4.78, 5) is 19.6. The first kappa shape index (κ1) is 43.7. The SMILES string of the molecule is CC(C)N(C(=O)NC[C@H](O)[C@@H](O)[C@H](O)[C@H](O)CO)C(Cl)C(CCNS(=O)(=O)c1ccccc1)COC1(c2cnccc2-c2ccccc2OC2CC2)CCOC1. The van der Waals surface area contributed by atoms with Crippen molar-refractivity contribution < 1.29 is 53.0 Å². The van der Waals surface area contributed by atoms with Gasteiger partial charge in [0.2, 0.25) is 10.0 Å². The summed E-state index contributed by atoms with van der Waals surface area (Å²) in [6.07, 6.45) is -0.952. The van der Waals surface area contributed by atoms with Crippen molar-refractivity contribution in [3.8, 4) is 16.9 Å². The van der Waals surface area contributed by atoms with E-state index >= 15 is 0 Å². The molecule has 1 saturated heterocycles. The third-order valence-corrected chi connectivity index (χ3v) is 12.0. The highest BCUT2D eigenvalue weighted by molar-refractivity contribution is 7.89. The van der Waals surface area contributed by atoms with Gasteiger partial charge in [-0.25, -0.2) is 17.9 Å². The maximum Gasteiger partial charge on any atom is 0.318 e. The lowest BCUT2D eigenvalue weighted by atomic mass is 9.87. The first-order chi connectivity index (χ1) is 26.8. The van der Waals surface area contributed by atoms with Crippen LogP contribution in [-0.4, -0.2) is 131 Å². The Kier molecular flexibility index (Phi) is 15.5. The molecular weight excluding hydrogens is 768 g/mol. The molecule has 17 heteroatoms. The number of benzene rings is 2. The van der Waals surface area contributed by atoms with Crippen LogP contribution in [0.15, 0.2) is 78.0 Å². The van der Waals surface area contributed by atoms with Crippen LogP contribution in [-0.2, 0) is 25.1 Å². The molecule has 2 aromatic carbocycles. The number of halogens is 1. The standard InChI is InChI=1S/C39H53ClN4O11S/c1-25(2)44(38(50)42-21-32(46)35(48)36(49)33(47)22-45)37(40)26(14-18-43-56(51,52)28-8-4-3-5-9-28)23-54-39(16-19-53-24-39)31-20-41-17-15-29(31)30-10-6-7-11-34(30)55-27-12-13-27/h3-11,15,17,20,25-27,32-33,35-37,43,45-49H,12-14,16,18-19,21-24H2,1-2H3,(H,42,50)/t26?,32-,33+,35+,36+,37?,39?/m0/s1. The second kappa shape index (κ2) is 19.8. The van der Waals surface area contributed by atoms with Gasteiger partial charge in [-0.1, -0.05) is 48.0 Å². The third kappa shape index (κ3) is 10.9. The molecule has 1 aliphatic heterocycles. The minimum absolute atomic E-state index is 0.0395. The van der Waals surface area contributed by atoms with Crippen LogP contribution in [0, 0.1) is 5.92 Å². The summed E-state index contributed by atoms with van der Waals surface area (Å²) in [5.41, 5.74) is 0.442. The molecule has 308 valence electrons. The zero-order valence-corrected chi connectivity index (χ0v) is 33.1. The van der Waals surface area contributed by atoms with E-state index in [1.165, 1.54) is 17.0 Å². The number of ether oxygens (including phenoxy) is 3. The summed E-state index contributed by atoms with van der Waals surface area (Å²) in [5.74, 6) is 0.0691. The molecule has 0 radical (unpaired) electrons. The normalized spacial score (nSPS) is 20.5. The van der Waals surface area contributed by atoms with Crippen molar-refractivity contribution >= 4 is 27.7 Å². The Labute approximate surface area is 332 Å². The highest BCUT2D eigenvalue weighted by atomic mass is 35.5. The predicted octanol–water partition coefficient (Wildman–Crippen LogP) is 2.33. The summed E-state index contributed by atoms with van der Waals surface area (Å²) in [6, 6.07) is 16.4. The van der Waals surface area contributed by atoms with Gasteiger partial charge in [-0.2, -0.15) is 0 Å². The Hall–Kier alpha value is -3.42. The number of aliphatic hydroxyl groups excluding tert-OH is 5. The minimum Gasteiger partial charge on any atom is -0.490 e. The van der Waals surface area contributed by atoms with E-state index in [0.29, 0.717) is 13.0 Å². The van der Waals surface area contributed by atoms with E-state index in [4.69, 9.17) is 30.9 Å². The Morgan fingerprint density at radius 3 is 2.38 bits per heavy atom. The van der Waals surface area contributed by atoms with Gasteiger partial charge < -0.3 is 50.0 Å². The van der Waals surface area contributed by atoms with E-state index in [-0.39, 0.29) is 37.2 Å². The number of rotatable bonds is 21. The lowest BCUT2D eigenvalue weighted by Gasteiger charge is -2.38. The number of alkyl halides is 1. The molecular formula is C39H53ClN4O11S. The molecule has 2 fully saturated rings. The first-order valence-corrected chi connectivity index (χ1v) is 20.7. The number of nitrogens with one attached hydrogen (secondary N) is 2. The maximum atomic E-state index is 13.7. The number of hydrogen-bond acceptors (Lipinski definition) is 12. The number of hydrogen-bond donors (Lipinski definition) is 7. The monoisotopic (exact) mass is 820 g/mol. The molecule has 0 bridgehead atoms. The largest absolute Gasteiger partial charge is 0.490 e. The number of carbonyl (C=O) groups is 1. The average Bonchev–Trinajstić information content (AvgIpc) is 3.89. The summed E-state index contributed by atoms with van der Waals surface area (Å²) in [6.45, 7) is 2.58. The molecule has 3 unspecified atom stereocenters. The Morgan fingerprint density at radius 2 is 1.71 bits per heavy atom. The molecule has 1 saturated carbocycles. The number of aromatic nitrogens is 1. The highest BCUT2D eigenvalue weighted by Crippen LogP contribution is 2.44. The van der Waals surface area contributed by atoms with Gasteiger partial charge in [-0.15, -0.1) is 0 Å². The minimum atomic E-state index is -3.88. The molecule has 2 aliphatic rings. The molecule has 3 aromatic rings. The molecule has 56 heavy (non-hydrogen) atoms. The van der Waals surface area contributed by atoms with Crippen molar-refractivity contribution in [1.29, 1.82) is 0 Å². The fraction of sp³-hybridized carbons (Fsp3) is 0.538. The molecule has 1 aromatic heterocycles. The average molecular weight is 821 g/mol. The number of aliphatic hydroxyl groups is 5. The number of pyridine rings is 1. The Bertz CT molecular complexity index is 1820. The fourth-order valence-electron chi connectivity index (χ4n) is 6.55. The van der Waals surface area contributed by atoms with Gasteiger partial charge in [0, 0.05) is 61.6 Å². The summed E-state index contributed by atoms with van der Waals surface area (Å²) in [5, 5.41) is 52.1. The smallest absolute Gasteiger partial charge is 0.318 e. The molecule has 5 rings (SSSR count). The molecule has 2 amide bonds. The van der Waals surface area contributed by atoms with E-state index in [2.05, 4.69) is 15.0 Å². The van der Waals surface area contributed by atoms with Gasteiger partial charge >= 0.3 is 6.03 Å².